The van der Waals surface area contributed by atoms with E-state index in [1.807, 2.05) is 36.4 Å². The lowest BCUT2D eigenvalue weighted by molar-refractivity contribution is 0.569. The first-order chi connectivity index (χ1) is 23.3. The molecule has 6 heteroatoms. The number of benzene rings is 4. The van der Waals surface area contributed by atoms with E-state index in [0.717, 1.165) is 33.9 Å². The fourth-order valence-electron chi connectivity index (χ4n) is 6.96. The maximum Gasteiger partial charge on any atom is 0.181 e. The Hall–Kier alpha value is -6.40. The first-order valence-electron chi connectivity index (χ1n) is 15.4. The highest BCUT2D eigenvalue weighted by Crippen LogP contribution is 2.57. The van der Waals surface area contributed by atoms with E-state index in [-0.39, 0.29) is 0 Å². The molecule has 0 saturated heterocycles. The van der Waals surface area contributed by atoms with E-state index in [1.54, 1.807) is 12.4 Å². The van der Waals surface area contributed by atoms with Crippen molar-refractivity contribution in [1.29, 1.82) is 0 Å². The van der Waals surface area contributed by atoms with Gasteiger partial charge in [-0.25, -0.2) is 19.9 Å². The van der Waals surface area contributed by atoms with Crippen LogP contribution in [0.15, 0.2) is 167 Å². The van der Waals surface area contributed by atoms with Gasteiger partial charge in [0.25, 0.3) is 0 Å². The van der Waals surface area contributed by atoms with Crippen molar-refractivity contribution in [3.63, 3.8) is 0 Å². The molecule has 47 heavy (non-hydrogen) atoms. The van der Waals surface area contributed by atoms with Gasteiger partial charge in [-0.1, -0.05) is 97.1 Å². The Balaban J connectivity index is 1.29. The van der Waals surface area contributed by atoms with Gasteiger partial charge in [0.2, 0.25) is 0 Å². The monoisotopic (exact) mass is 606 g/mol. The molecule has 1 aliphatic carbocycles. The van der Waals surface area contributed by atoms with Gasteiger partial charge in [0, 0.05) is 11.1 Å². The minimum Gasteiger partial charge on any atom is -0.442 e. The highest BCUT2D eigenvalue weighted by atomic mass is 16.3. The van der Waals surface area contributed by atoms with Crippen molar-refractivity contribution < 1.29 is 8.83 Å². The summed E-state index contributed by atoms with van der Waals surface area (Å²) in [4.78, 5) is 18.1. The van der Waals surface area contributed by atoms with Gasteiger partial charge in [-0.3, -0.25) is 0 Å². The Morgan fingerprint density at radius 2 is 0.872 bits per heavy atom. The summed E-state index contributed by atoms with van der Waals surface area (Å²) < 4.78 is 11.1. The number of fused-ring (bicyclic) bond motifs is 3. The minimum atomic E-state index is -0.593. The van der Waals surface area contributed by atoms with Crippen molar-refractivity contribution in [2.75, 3.05) is 0 Å². The SMILES string of the molecule is c1ccc(C2(c3ccccc3)c3cc(-c4cccc(-c5cnco5)n4)ccc3-c3ccc(-c4cccc(-c5cnco5)n4)cc32)cc1. The maximum absolute atomic E-state index is 5.56. The molecule has 1 aliphatic rings. The van der Waals surface area contributed by atoms with E-state index in [4.69, 9.17) is 18.8 Å². The summed E-state index contributed by atoms with van der Waals surface area (Å²) >= 11 is 0. The molecular weight excluding hydrogens is 580 g/mol. The largest absolute Gasteiger partial charge is 0.442 e. The second kappa shape index (κ2) is 10.9. The van der Waals surface area contributed by atoms with Crippen LogP contribution in [0.1, 0.15) is 22.3 Å². The second-order valence-electron chi connectivity index (χ2n) is 11.6. The van der Waals surface area contributed by atoms with Crippen molar-refractivity contribution in [2.45, 2.75) is 5.41 Å². The summed E-state index contributed by atoms with van der Waals surface area (Å²) in [5, 5.41) is 0. The number of pyridine rings is 2. The summed E-state index contributed by atoms with van der Waals surface area (Å²) in [5.74, 6) is 1.27. The third kappa shape index (κ3) is 4.34. The Morgan fingerprint density at radius 1 is 0.426 bits per heavy atom. The van der Waals surface area contributed by atoms with Crippen LogP contribution in [0.5, 0.6) is 0 Å². The van der Waals surface area contributed by atoms with Crippen molar-refractivity contribution >= 4 is 0 Å². The second-order valence-corrected chi connectivity index (χ2v) is 11.6. The zero-order valence-corrected chi connectivity index (χ0v) is 25.1. The molecule has 0 saturated carbocycles. The highest BCUT2D eigenvalue weighted by Gasteiger charge is 2.46. The molecule has 222 valence electrons. The molecule has 4 aromatic heterocycles. The molecule has 4 heterocycles. The normalized spacial score (nSPS) is 12.9. The summed E-state index contributed by atoms with van der Waals surface area (Å²) in [7, 11) is 0. The number of hydrogen-bond donors (Lipinski definition) is 0. The molecule has 4 aromatic carbocycles. The Kier molecular flexibility index (Phi) is 6.25. The summed E-state index contributed by atoms with van der Waals surface area (Å²) in [5.41, 5.74) is 11.8. The summed E-state index contributed by atoms with van der Waals surface area (Å²) in [6.45, 7) is 0. The van der Waals surface area contributed by atoms with Gasteiger partial charge in [0.15, 0.2) is 24.3 Å². The third-order valence-electron chi connectivity index (χ3n) is 9.01. The molecule has 8 aromatic rings. The van der Waals surface area contributed by atoms with Gasteiger partial charge in [0.1, 0.15) is 11.4 Å². The predicted octanol–water partition coefficient (Wildman–Crippen LogP) is 9.48. The smallest absolute Gasteiger partial charge is 0.181 e. The van der Waals surface area contributed by atoms with E-state index in [0.29, 0.717) is 11.5 Å². The zero-order valence-electron chi connectivity index (χ0n) is 25.1. The van der Waals surface area contributed by atoms with Crippen LogP contribution in [0.2, 0.25) is 0 Å². The Morgan fingerprint density at radius 3 is 1.30 bits per heavy atom. The van der Waals surface area contributed by atoms with Crippen LogP contribution in [0, 0.1) is 0 Å². The van der Waals surface area contributed by atoms with Crippen LogP contribution in [-0.2, 0) is 5.41 Å². The van der Waals surface area contributed by atoms with Gasteiger partial charge < -0.3 is 8.83 Å². The fraction of sp³-hybridized carbons (Fsp3) is 0.0244. The van der Waals surface area contributed by atoms with E-state index >= 15 is 0 Å². The number of nitrogens with zero attached hydrogens (tertiary/aromatic N) is 4. The molecule has 0 N–H and O–H groups in total. The van der Waals surface area contributed by atoms with Crippen LogP contribution in [0.4, 0.5) is 0 Å². The highest BCUT2D eigenvalue weighted by molar-refractivity contribution is 5.90. The molecular formula is C41H26N4O2. The summed E-state index contributed by atoms with van der Waals surface area (Å²) in [6.07, 6.45) is 6.24. The zero-order chi connectivity index (χ0) is 31.2. The minimum absolute atomic E-state index is 0.593. The van der Waals surface area contributed by atoms with Gasteiger partial charge in [-0.2, -0.15) is 0 Å². The number of oxazole rings is 2. The van der Waals surface area contributed by atoms with E-state index < -0.39 is 5.41 Å². The van der Waals surface area contributed by atoms with Gasteiger partial charge >= 0.3 is 0 Å². The predicted molar refractivity (Wildman–Crippen MR) is 181 cm³/mol. The molecule has 9 rings (SSSR count). The fourth-order valence-corrected chi connectivity index (χ4v) is 6.96. The standard InChI is InChI=1S/C41H26N4O2/c1-3-9-29(10-4-1)41(30-11-5-2-6-12-30)33-21-27(35-13-7-15-37(44-35)39-23-42-25-46-39)17-19-31(33)32-20-18-28(22-34(32)41)36-14-8-16-38(45-36)40-24-43-26-47-40/h1-26H. The van der Waals surface area contributed by atoms with Crippen LogP contribution in [0.3, 0.4) is 0 Å². The van der Waals surface area contributed by atoms with Crippen molar-refractivity contribution in [1.82, 2.24) is 19.9 Å². The van der Waals surface area contributed by atoms with E-state index in [9.17, 15) is 0 Å². The lowest BCUT2D eigenvalue weighted by Gasteiger charge is -2.34. The molecule has 0 unspecified atom stereocenters. The van der Waals surface area contributed by atoms with Crippen molar-refractivity contribution in [3.8, 4) is 56.6 Å². The quantitative estimate of drug-likeness (QED) is 0.188. The molecule has 0 atom stereocenters. The molecule has 6 nitrogen and oxygen atoms in total. The summed E-state index contributed by atoms with van der Waals surface area (Å²) in [6, 6.07) is 47.0. The molecule has 0 aliphatic heterocycles. The van der Waals surface area contributed by atoms with Crippen LogP contribution in [-0.4, -0.2) is 19.9 Å². The van der Waals surface area contributed by atoms with E-state index in [1.165, 1.54) is 46.2 Å². The number of aromatic nitrogens is 4. The average Bonchev–Trinajstić information content (AvgIpc) is 3.93. The van der Waals surface area contributed by atoms with Crippen LogP contribution >= 0.6 is 0 Å². The number of rotatable bonds is 6. The molecule has 0 radical (unpaired) electrons. The lowest BCUT2D eigenvalue weighted by Crippen LogP contribution is -2.28. The molecule has 0 bridgehead atoms. The average molecular weight is 607 g/mol. The van der Waals surface area contributed by atoms with Crippen molar-refractivity contribution in [2.24, 2.45) is 0 Å². The Labute approximate surface area is 271 Å². The van der Waals surface area contributed by atoms with Crippen LogP contribution < -0.4 is 0 Å². The van der Waals surface area contributed by atoms with Gasteiger partial charge in [-0.05, 0) is 69.8 Å². The topological polar surface area (TPSA) is 77.8 Å². The van der Waals surface area contributed by atoms with Gasteiger partial charge in [-0.15, -0.1) is 0 Å². The van der Waals surface area contributed by atoms with Crippen LogP contribution in [0.25, 0.3) is 56.6 Å². The number of hydrogen-bond acceptors (Lipinski definition) is 6. The Bertz CT molecular complexity index is 2180. The lowest BCUT2D eigenvalue weighted by atomic mass is 9.67. The first-order valence-corrected chi connectivity index (χ1v) is 15.4. The molecule has 0 spiro atoms. The molecule has 0 fully saturated rings. The molecule has 0 amide bonds. The van der Waals surface area contributed by atoms with Crippen molar-refractivity contribution in [3.05, 3.63) is 181 Å². The third-order valence-corrected chi connectivity index (χ3v) is 9.01. The first kappa shape index (κ1) is 27.0. The van der Waals surface area contributed by atoms with Gasteiger partial charge in [0.05, 0.1) is 29.2 Å². The van der Waals surface area contributed by atoms with E-state index in [2.05, 4.69) is 107 Å². The maximum atomic E-state index is 5.56.